The third-order valence-electron chi connectivity index (χ3n) is 4.19. The van der Waals surface area contributed by atoms with Crippen LogP contribution >= 0.6 is 11.8 Å². The highest BCUT2D eigenvalue weighted by Crippen LogP contribution is 2.32. The van der Waals surface area contributed by atoms with Crippen LogP contribution in [0.3, 0.4) is 0 Å². The first kappa shape index (κ1) is 18.2. The molecule has 1 aliphatic rings. The number of thioether (sulfide) groups is 1. The van der Waals surface area contributed by atoms with Gasteiger partial charge in [0.1, 0.15) is 0 Å². The Morgan fingerprint density at radius 3 is 2.71 bits per heavy atom. The van der Waals surface area contributed by atoms with E-state index < -0.39 is 10.8 Å². The molecule has 1 atom stereocenters. The Balaban J connectivity index is 2.05. The van der Waals surface area contributed by atoms with E-state index >= 15 is 0 Å². The second-order valence-corrected chi connectivity index (χ2v) is 7.19. The average Bonchev–Trinajstić information content (AvgIpc) is 2.95. The van der Waals surface area contributed by atoms with Crippen LogP contribution in [0.5, 0.6) is 0 Å². The van der Waals surface area contributed by atoms with E-state index in [9.17, 15) is 19.7 Å². The number of primary amides is 1. The summed E-state index contributed by atoms with van der Waals surface area (Å²) in [4.78, 5) is 36.1. The molecule has 8 nitrogen and oxygen atoms in total. The molecule has 1 fully saturated rings. The minimum absolute atomic E-state index is 0.0601. The van der Waals surface area contributed by atoms with Crippen LogP contribution in [0, 0.1) is 15.5 Å². The lowest BCUT2D eigenvalue weighted by Crippen LogP contribution is -2.35. The number of nitro benzene ring substituents is 1. The zero-order chi connectivity index (χ0) is 17.9. The largest absolute Gasteiger partial charge is 0.366 e. The van der Waals surface area contributed by atoms with Crippen LogP contribution in [0.1, 0.15) is 23.7 Å². The molecule has 0 aliphatic carbocycles. The molecule has 24 heavy (non-hydrogen) atoms. The van der Waals surface area contributed by atoms with Crippen molar-refractivity contribution in [1.29, 1.82) is 0 Å². The number of hydrogen-bond donors (Lipinski definition) is 2. The summed E-state index contributed by atoms with van der Waals surface area (Å²) in [5.74, 6) is -0.716. The number of rotatable bonds is 6. The minimum Gasteiger partial charge on any atom is -0.366 e. The van der Waals surface area contributed by atoms with Gasteiger partial charge in [0.25, 0.3) is 5.69 Å². The molecule has 0 bridgehead atoms. The standard InChI is InChI=1S/C15H20N4O4S/c1-15(8-16)4-5-18(9-15)13(20)7-24-12-3-2-10(14(17)21)6-11(12)19(22)23/h2-3,6H,4-5,7-9,16H2,1H3,(H2,17,21). The molecule has 0 radical (unpaired) electrons. The molecule has 0 spiro atoms. The third-order valence-corrected chi connectivity index (χ3v) is 5.24. The maximum atomic E-state index is 12.3. The molecular formula is C15H20N4O4S. The summed E-state index contributed by atoms with van der Waals surface area (Å²) in [5, 5.41) is 11.2. The fourth-order valence-electron chi connectivity index (χ4n) is 2.57. The molecule has 1 heterocycles. The Hall–Kier alpha value is -2.13. The number of carbonyl (C=O) groups is 2. The first-order chi connectivity index (χ1) is 11.3. The lowest BCUT2D eigenvalue weighted by Gasteiger charge is -2.22. The first-order valence-electron chi connectivity index (χ1n) is 7.45. The number of carbonyl (C=O) groups excluding carboxylic acids is 2. The van der Waals surface area contributed by atoms with Crippen molar-refractivity contribution in [2.45, 2.75) is 18.2 Å². The molecule has 0 aromatic heterocycles. The van der Waals surface area contributed by atoms with Crippen molar-refractivity contribution in [3.05, 3.63) is 33.9 Å². The van der Waals surface area contributed by atoms with Crippen molar-refractivity contribution in [3.63, 3.8) is 0 Å². The number of nitro groups is 1. The van der Waals surface area contributed by atoms with Gasteiger partial charge < -0.3 is 16.4 Å². The zero-order valence-corrected chi connectivity index (χ0v) is 14.2. The van der Waals surface area contributed by atoms with Gasteiger partial charge >= 0.3 is 0 Å². The Morgan fingerprint density at radius 1 is 1.46 bits per heavy atom. The van der Waals surface area contributed by atoms with Crippen molar-refractivity contribution in [3.8, 4) is 0 Å². The van der Waals surface area contributed by atoms with Crippen LogP contribution in [0.15, 0.2) is 23.1 Å². The smallest absolute Gasteiger partial charge is 0.283 e. The molecule has 130 valence electrons. The van der Waals surface area contributed by atoms with Gasteiger partial charge in [0.05, 0.1) is 15.6 Å². The Labute approximate surface area is 143 Å². The quantitative estimate of drug-likeness (QED) is 0.445. The van der Waals surface area contributed by atoms with Gasteiger partial charge in [-0.25, -0.2) is 0 Å². The van der Waals surface area contributed by atoms with Gasteiger partial charge in [-0.2, -0.15) is 0 Å². The summed E-state index contributed by atoms with van der Waals surface area (Å²) in [6, 6.07) is 4.00. The van der Waals surface area contributed by atoms with E-state index in [2.05, 4.69) is 0 Å². The van der Waals surface area contributed by atoms with E-state index in [0.717, 1.165) is 24.2 Å². The highest BCUT2D eigenvalue weighted by molar-refractivity contribution is 8.00. The molecule has 4 N–H and O–H groups in total. The van der Waals surface area contributed by atoms with E-state index in [1.807, 2.05) is 6.92 Å². The predicted molar refractivity (Wildman–Crippen MR) is 90.7 cm³/mol. The Kier molecular flexibility index (Phi) is 5.45. The van der Waals surface area contributed by atoms with Crippen molar-refractivity contribution >= 4 is 29.3 Å². The summed E-state index contributed by atoms with van der Waals surface area (Å²) in [5.41, 5.74) is 10.6. The molecule has 2 rings (SSSR count). The van der Waals surface area contributed by atoms with Crippen molar-refractivity contribution in [2.24, 2.45) is 16.9 Å². The lowest BCUT2D eigenvalue weighted by atomic mass is 9.90. The Bertz CT molecular complexity index is 681. The summed E-state index contributed by atoms with van der Waals surface area (Å²) >= 11 is 1.08. The van der Waals surface area contributed by atoms with Gasteiger partial charge in [-0.3, -0.25) is 19.7 Å². The van der Waals surface area contributed by atoms with E-state index in [-0.39, 0.29) is 28.3 Å². The number of amides is 2. The van der Waals surface area contributed by atoms with E-state index in [1.165, 1.54) is 12.1 Å². The van der Waals surface area contributed by atoms with Gasteiger partial charge in [-0.1, -0.05) is 6.92 Å². The van der Waals surface area contributed by atoms with Crippen LogP contribution in [-0.2, 0) is 4.79 Å². The molecule has 9 heteroatoms. The summed E-state index contributed by atoms with van der Waals surface area (Å²) in [6.45, 7) is 3.81. The number of benzene rings is 1. The highest BCUT2D eigenvalue weighted by Gasteiger charge is 2.34. The van der Waals surface area contributed by atoms with Crippen molar-refractivity contribution in [1.82, 2.24) is 4.90 Å². The fraction of sp³-hybridized carbons (Fsp3) is 0.467. The number of nitrogens with zero attached hydrogens (tertiary/aromatic N) is 2. The summed E-state index contributed by atoms with van der Waals surface area (Å²) in [7, 11) is 0. The number of hydrogen-bond acceptors (Lipinski definition) is 6. The van der Waals surface area contributed by atoms with Crippen LogP contribution < -0.4 is 11.5 Å². The van der Waals surface area contributed by atoms with Crippen molar-refractivity contribution < 1.29 is 14.5 Å². The maximum absolute atomic E-state index is 12.3. The van der Waals surface area contributed by atoms with Gasteiger partial charge in [0.15, 0.2) is 0 Å². The molecule has 1 aromatic rings. The van der Waals surface area contributed by atoms with Gasteiger partial charge in [0, 0.05) is 24.7 Å². The fourth-order valence-corrected chi connectivity index (χ4v) is 3.48. The first-order valence-corrected chi connectivity index (χ1v) is 8.43. The van der Waals surface area contributed by atoms with E-state index in [0.29, 0.717) is 24.5 Å². The third kappa shape index (κ3) is 4.04. The second kappa shape index (κ2) is 7.18. The normalized spacial score (nSPS) is 20.2. The number of nitrogens with two attached hydrogens (primary N) is 2. The second-order valence-electron chi connectivity index (χ2n) is 6.17. The van der Waals surface area contributed by atoms with Crippen LogP contribution in [-0.4, -0.2) is 47.0 Å². The molecule has 1 aliphatic heterocycles. The molecular weight excluding hydrogens is 332 g/mol. The summed E-state index contributed by atoms with van der Waals surface area (Å²) < 4.78 is 0. The van der Waals surface area contributed by atoms with Crippen molar-refractivity contribution in [2.75, 3.05) is 25.4 Å². The molecule has 1 unspecified atom stereocenters. The van der Waals surface area contributed by atoms with Crippen LogP contribution in [0.2, 0.25) is 0 Å². The minimum atomic E-state index is -0.733. The Morgan fingerprint density at radius 2 is 2.17 bits per heavy atom. The topological polar surface area (TPSA) is 133 Å². The molecule has 0 saturated carbocycles. The maximum Gasteiger partial charge on any atom is 0.283 e. The van der Waals surface area contributed by atoms with Crippen LogP contribution in [0.25, 0.3) is 0 Å². The van der Waals surface area contributed by atoms with Gasteiger partial charge in [0.2, 0.25) is 11.8 Å². The van der Waals surface area contributed by atoms with E-state index in [4.69, 9.17) is 11.5 Å². The predicted octanol–water partition coefficient (Wildman–Crippen LogP) is 0.983. The highest BCUT2D eigenvalue weighted by atomic mass is 32.2. The number of likely N-dealkylation sites (tertiary alicyclic amines) is 1. The van der Waals surface area contributed by atoms with Gasteiger partial charge in [-0.15, -0.1) is 11.8 Å². The lowest BCUT2D eigenvalue weighted by molar-refractivity contribution is -0.387. The van der Waals surface area contributed by atoms with Gasteiger partial charge in [-0.05, 0) is 30.5 Å². The van der Waals surface area contributed by atoms with Crippen LogP contribution in [0.4, 0.5) is 5.69 Å². The average molecular weight is 352 g/mol. The molecule has 1 saturated heterocycles. The van der Waals surface area contributed by atoms with E-state index in [1.54, 1.807) is 4.90 Å². The zero-order valence-electron chi connectivity index (χ0n) is 13.4. The molecule has 1 aromatic carbocycles. The SMILES string of the molecule is CC1(CN)CCN(C(=O)CSc2ccc(C(N)=O)cc2[N+](=O)[O-])C1. The molecule has 2 amide bonds. The summed E-state index contributed by atoms with van der Waals surface area (Å²) in [6.07, 6.45) is 0.855. The monoisotopic (exact) mass is 352 g/mol.